The van der Waals surface area contributed by atoms with Crippen molar-refractivity contribution in [1.82, 2.24) is 4.90 Å². The number of nitrogens with zero attached hydrogens (tertiary/aromatic N) is 1. The minimum absolute atomic E-state index is 0.171. The first-order valence-electron chi connectivity index (χ1n) is 6.50. The van der Waals surface area contributed by atoms with Crippen LogP contribution in [0.25, 0.3) is 0 Å². The van der Waals surface area contributed by atoms with Crippen molar-refractivity contribution in [3.8, 4) is 5.75 Å². The summed E-state index contributed by atoms with van der Waals surface area (Å²) >= 11 is 0. The fourth-order valence-electron chi connectivity index (χ4n) is 2.28. The Bertz CT molecular complexity index is 460. The third-order valence-corrected chi connectivity index (χ3v) is 3.35. The monoisotopic (exact) mass is 283 g/mol. The molecule has 6 heteroatoms. The highest BCUT2D eigenvalue weighted by Crippen LogP contribution is 2.24. The molecule has 1 atom stereocenters. The first-order valence-corrected chi connectivity index (χ1v) is 6.50. The molecule has 0 aliphatic carbocycles. The summed E-state index contributed by atoms with van der Waals surface area (Å²) in [6.45, 7) is 1.66. The Morgan fingerprint density at radius 1 is 1.60 bits per heavy atom. The van der Waals surface area contributed by atoms with Gasteiger partial charge in [0.25, 0.3) is 5.91 Å². The molecule has 1 aliphatic heterocycles. The summed E-state index contributed by atoms with van der Waals surface area (Å²) < 4.78 is 24.1. The second-order valence-corrected chi connectivity index (χ2v) is 4.64. The van der Waals surface area contributed by atoms with Gasteiger partial charge in [-0.05, 0) is 18.6 Å². The molecule has 0 radical (unpaired) electrons. The zero-order valence-corrected chi connectivity index (χ0v) is 11.3. The van der Waals surface area contributed by atoms with Crippen LogP contribution in [0.5, 0.6) is 5.75 Å². The van der Waals surface area contributed by atoms with Crippen LogP contribution in [0.3, 0.4) is 0 Å². The molecular formula is C14H18FNO4. The number of hydrogen-bond donors (Lipinski definition) is 1. The number of amides is 1. The number of carbonyl (C=O) groups excluding carboxylic acids is 1. The van der Waals surface area contributed by atoms with Crippen molar-refractivity contribution in [1.29, 1.82) is 0 Å². The molecule has 1 heterocycles. The predicted octanol–water partition coefficient (Wildman–Crippen LogP) is 1.41. The van der Waals surface area contributed by atoms with E-state index in [1.807, 2.05) is 0 Å². The van der Waals surface area contributed by atoms with Gasteiger partial charge in [-0.2, -0.15) is 0 Å². The molecule has 0 spiro atoms. The third-order valence-electron chi connectivity index (χ3n) is 3.35. The van der Waals surface area contributed by atoms with E-state index >= 15 is 0 Å². The smallest absolute Gasteiger partial charge is 0.261 e. The Morgan fingerprint density at radius 3 is 3.10 bits per heavy atom. The fourth-order valence-corrected chi connectivity index (χ4v) is 2.28. The quantitative estimate of drug-likeness (QED) is 0.907. The van der Waals surface area contributed by atoms with E-state index in [4.69, 9.17) is 9.47 Å². The van der Waals surface area contributed by atoms with Crippen LogP contribution >= 0.6 is 0 Å². The number of aromatic hydroxyl groups is 1. The normalized spacial score (nSPS) is 19.1. The Hall–Kier alpha value is -1.66. The first kappa shape index (κ1) is 14.7. The second kappa shape index (κ2) is 6.67. The molecule has 20 heavy (non-hydrogen) atoms. The number of methoxy groups -OCH3 is 1. The highest BCUT2D eigenvalue weighted by Gasteiger charge is 2.30. The van der Waals surface area contributed by atoms with Gasteiger partial charge in [0.15, 0.2) is 0 Å². The van der Waals surface area contributed by atoms with Crippen molar-refractivity contribution in [2.45, 2.75) is 12.5 Å². The number of carbonyl (C=O) groups is 1. The number of halogens is 1. The van der Waals surface area contributed by atoms with Gasteiger partial charge in [0, 0.05) is 20.3 Å². The average molecular weight is 283 g/mol. The van der Waals surface area contributed by atoms with Crippen LogP contribution in [0, 0.1) is 5.82 Å². The summed E-state index contributed by atoms with van der Waals surface area (Å²) in [5, 5.41) is 9.71. The molecule has 1 amide bonds. The van der Waals surface area contributed by atoms with Gasteiger partial charge in [-0.1, -0.05) is 6.07 Å². The Labute approximate surface area is 116 Å². The molecule has 1 aliphatic rings. The SMILES string of the molecule is COCCC1COCCN1C(=O)c1c(O)cccc1F. The number of ether oxygens (including phenoxy) is 2. The Morgan fingerprint density at radius 2 is 2.40 bits per heavy atom. The van der Waals surface area contributed by atoms with Crippen molar-refractivity contribution < 1.29 is 23.8 Å². The summed E-state index contributed by atoms with van der Waals surface area (Å²) in [7, 11) is 1.58. The lowest BCUT2D eigenvalue weighted by molar-refractivity contribution is -0.0107. The number of morpholine rings is 1. The van der Waals surface area contributed by atoms with E-state index in [-0.39, 0.29) is 17.4 Å². The zero-order chi connectivity index (χ0) is 14.5. The number of phenolic OH excluding ortho intramolecular Hbond substituents is 1. The van der Waals surface area contributed by atoms with Gasteiger partial charge < -0.3 is 19.5 Å². The summed E-state index contributed by atoms with van der Waals surface area (Å²) in [4.78, 5) is 14.0. The van der Waals surface area contributed by atoms with Gasteiger partial charge in [0.05, 0.1) is 19.3 Å². The van der Waals surface area contributed by atoms with Crippen molar-refractivity contribution in [3.63, 3.8) is 0 Å². The van der Waals surface area contributed by atoms with Crippen LogP contribution in [0.2, 0.25) is 0 Å². The van der Waals surface area contributed by atoms with Crippen LogP contribution in [0.1, 0.15) is 16.8 Å². The molecule has 5 nitrogen and oxygen atoms in total. The highest BCUT2D eigenvalue weighted by molar-refractivity contribution is 5.97. The van der Waals surface area contributed by atoms with E-state index in [1.54, 1.807) is 12.0 Å². The van der Waals surface area contributed by atoms with E-state index < -0.39 is 11.7 Å². The summed E-state index contributed by atoms with van der Waals surface area (Å²) in [5.74, 6) is -1.57. The molecule has 0 bridgehead atoms. The van der Waals surface area contributed by atoms with Crippen LogP contribution < -0.4 is 0 Å². The molecular weight excluding hydrogens is 265 g/mol. The topological polar surface area (TPSA) is 59.0 Å². The second-order valence-electron chi connectivity index (χ2n) is 4.64. The molecule has 1 saturated heterocycles. The summed E-state index contributed by atoms with van der Waals surface area (Å²) in [6.07, 6.45) is 0.609. The number of hydrogen-bond acceptors (Lipinski definition) is 4. The van der Waals surface area contributed by atoms with Crippen LogP contribution in [0.15, 0.2) is 18.2 Å². The summed E-state index contributed by atoms with van der Waals surface area (Å²) in [5.41, 5.74) is -0.281. The molecule has 1 unspecified atom stereocenters. The standard InChI is InChI=1S/C14H18FNO4/c1-19-7-5-10-9-20-8-6-16(10)14(18)13-11(15)3-2-4-12(13)17/h2-4,10,17H,5-9H2,1H3. The van der Waals surface area contributed by atoms with E-state index in [2.05, 4.69) is 0 Å². The minimum atomic E-state index is -0.716. The largest absolute Gasteiger partial charge is 0.507 e. The first-order chi connectivity index (χ1) is 9.65. The van der Waals surface area contributed by atoms with Crippen molar-refractivity contribution in [2.75, 3.05) is 33.5 Å². The maximum atomic E-state index is 13.8. The lowest BCUT2D eigenvalue weighted by Crippen LogP contribution is -2.49. The van der Waals surface area contributed by atoms with Gasteiger partial charge in [-0.25, -0.2) is 4.39 Å². The highest BCUT2D eigenvalue weighted by atomic mass is 19.1. The maximum Gasteiger partial charge on any atom is 0.261 e. The Balaban J connectivity index is 2.21. The van der Waals surface area contributed by atoms with Gasteiger partial charge in [0.2, 0.25) is 0 Å². The Kier molecular flexibility index (Phi) is 4.92. The van der Waals surface area contributed by atoms with Crippen molar-refractivity contribution >= 4 is 5.91 Å². The average Bonchev–Trinajstić information content (AvgIpc) is 2.45. The lowest BCUT2D eigenvalue weighted by atomic mass is 10.1. The molecule has 2 rings (SSSR count). The van der Waals surface area contributed by atoms with Gasteiger partial charge in [-0.3, -0.25) is 4.79 Å². The molecule has 0 saturated carbocycles. The van der Waals surface area contributed by atoms with E-state index in [1.165, 1.54) is 12.1 Å². The van der Waals surface area contributed by atoms with E-state index in [9.17, 15) is 14.3 Å². The van der Waals surface area contributed by atoms with E-state index in [0.29, 0.717) is 32.8 Å². The van der Waals surface area contributed by atoms with Crippen LogP contribution in [0.4, 0.5) is 4.39 Å². The van der Waals surface area contributed by atoms with Gasteiger partial charge in [-0.15, -0.1) is 0 Å². The maximum absolute atomic E-state index is 13.8. The van der Waals surface area contributed by atoms with Crippen LogP contribution in [-0.4, -0.2) is 55.4 Å². The van der Waals surface area contributed by atoms with Crippen LogP contribution in [-0.2, 0) is 9.47 Å². The number of phenols is 1. The molecule has 1 N–H and O–H groups in total. The predicted molar refractivity (Wildman–Crippen MR) is 70.2 cm³/mol. The van der Waals surface area contributed by atoms with E-state index in [0.717, 1.165) is 6.07 Å². The third kappa shape index (κ3) is 3.08. The number of rotatable bonds is 4. The van der Waals surface area contributed by atoms with Crippen molar-refractivity contribution in [3.05, 3.63) is 29.6 Å². The minimum Gasteiger partial charge on any atom is -0.507 e. The van der Waals surface area contributed by atoms with Gasteiger partial charge in [0.1, 0.15) is 17.1 Å². The molecule has 110 valence electrons. The number of benzene rings is 1. The zero-order valence-electron chi connectivity index (χ0n) is 11.3. The summed E-state index contributed by atoms with van der Waals surface area (Å²) in [6, 6.07) is 3.66. The molecule has 0 aromatic heterocycles. The van der Waals surface area contributed by atoms with Gasteiger partial charge >= 0.3 is 0 Å². The molecule has 1 aromatic carbocycles. The molecule has 1 fully saturated rings. The fraction of sp³-hybridized carbons (Fsp3) is 0.500. The van der Waals surface area contributed by atoms with Crippen molar-refractivity contribution in [2.24, 2.45) is 0 Å². The lowest BCUT2D eigenvalue weighted by Gasteiger charge is -2.35. The molecule has 1 aromatic rings.